The van der Waals surface area contributed by atoms with Gasteiger partial charge in [0.2, 0.25) is 0 Å². The molecule has 0 amide bonds. The predicted molar refractivity (Wildman–Crippen MR) is 103 cm³/mol. The van der Waals surface area contributed by atoms with Crippen molar-refractivity contribution in [1.29, 1.82) is 0 Å². The maximum atomic E-state index is 12.7. The van der Waals surface area contributed by atoms with Gasteiger partial charge in [-0.1, -0.05) is 24.3 Å². The van der Waals surface area contributed by atoms with E-state index in [4.69, 9.17) is 4.74 Å². The van der Waals surface area contributed by atoms with Crippen LogP contribution in [0.15, 0.2) is 54.6 Å². The topological polar surface area (TPSA) is 35.9 Å². The van der Waals surface area contributed by atoms with Crippen molar-refractivity contribution in [2.45, 2.75) is 18.7 Å². The van der Waals surface area contributed by atoms with Gasteiger partial charge in [-0.3, -0.25) is 4.90 Å². The van der Waals surface area contributed by atoms with Crippen LogP contribution in [-0.4, -0.2) is 55.4 Å². The van der Waals surface area contributed by atoms with Crippen LogP contribution in [0.2, 0.25) is 0 Å². The van der Waals surface area contributed by atoms with Crippen molar-refractivity contribution in [2.24, 2.45) is 0 Å². The van der Waals surface area contributed by atoms with E-state index < -0.39 is 17.8 Å². The molecule has 1 aliphatic rings. The standard InChI is InChI=1S/C21H25F3N2O2/c22-21(23,24)17-5-4-8-20(15-17)28-16-19(27)9-10-25-11-13-26(14-12-25)18-6-2-1-3-7-18/h1-8,15,19,27H,9-14,16H2. The molecular formula is C21H25F3N2O2. The van der Waals surface area contributed by atoms with E-state index in [1.54, 1.807) is 0 Å². The van der Waals surface area contributed by atoms with E-state index in [0.29, 0.717) is 6.42 Å². The number of aliphatic hydroxyl groups is 1. The van der Waals surface area contributed by atoms with Gasteiger partial charge in [0.15, 0.2) is 0 Å². The molecular weight excluding hydrogens is 369 g/mol. The van der Waals surface area contributed by atoms with E-state index in [0.717, 1.165) is 44.9 Å². The summed E-state index contributed by atoms with van der Waals surface area (Å²) in [6.45, 7) is 4.40. The molecule has 1 saturated heterocycles. The lowest BCUT2D eigenvalue weighted by Crippen LogP contribution is -2.47. The van der Waals surface area contributed by atoms with Crippen molar-refractivity contribution in [1.82, 2.24) is 4.90 Å². The van der Waals surface area contributed by atoms with Crippen LogP contribution < -0.4 is 9.64 Å². The highest BCUT2D eigenvalue weighted by Crippen LogP contribution is 2.31. The Labute approximate surface area is 163 Å². The minimum absolute atomic E-state index is 0.0225. The third kappa shape index (κ3) is 5.87. The van der Waals surface area contributed by atoms with Gasteiger partial charge in [0, 0.05) is 38.4 Å². The first-order chi connectivity index (χ1) is 13.4. The predicted octanol–water partition coefficient (Wildman–Crippen LogP) is 3.66. The Morgan fingerprint density at radius 1 is 0.964 bits per heavy atom. The number of piperazine rings is 1. The first-order valence-electron chi connectivity index (χ1n) is 9.42. The Morgan fingerprint density at radius 3 is 2.36 bits per heavy atom. The summed E-state index contributed by atoms with van der Waals surface area (Å²) in [7, 11) is 0. The lowest BCUT2D eigenvalue weighted by molar-refractivity contribution is -0.137. The summed E-state index contributed by atoms with van der Waals surface area (Å²) < 4.78 is 43.5. The fourth-order valence-electron chi connectivity index (χ4n) is 3.24. The highest BCUT2D eigenvalue weighted by molar-refractivity contribution is 5.46. The summed E-state index contributed by atoms with van der Waals surface area (Å²) in [6.07, 6.45) is -4.61. The summed E-state index contributed by atoms with van der Waals surface area (Å²) in [4.78, 5) is 4.62. The van der Waals surface area contributed by atoms with Gasteiger partial charge in [-0.15, -0.1) is 0 Å². The average molecular weight is 394 g/mol. The number of hydrogen-bond acceptors (Lipinski definition) is 4. The van der Waals surface area contributed by atoms with Gasteiger partial charge < -0.3 is 14.7 Å². The smallest absolute Gasteiger partial charge is 0.416 e. The Morgan fingerprint density at radius 2 is 1.68 bits per heavy atom. The van der Waals surface area contributed by atoms with E-state index in [9.17, 15) is 18.3 Å². The van der Waals surface area contributed by atoms with Gasteiger partial charge in [0.05, 0.1) is 11.7 Å². The van der Waals surface area contributed by atoms with Gasteiger partial charge >= 0.3 is 6.18 Å². The molecule has 1 fully saturated rings. The summed E-state index contributed by atoms with van der Waals surface area (Å²) in [5.74, 6) is 0.116. The number of hydrogen-bond donors (Lipinski definition) is 1. The number of halogens is 3. The number of alkyl halides is 3. The van der Waals surface area contributed by atoms with Gasteiger partial charge in [0.25, 0.3) is 0 Å². The second-order valence-electron chi connectivity index (χ2n) is 6.94. The first kappa shape index (κ1) is 20.5. The summed E-state index contributed by atoms with van der Waals surface area (Å²) in [5.41, 5.74) is 0.465. The highest BCUT2D eigenvalue weighted by Gasteiger charge is 2.30. The van der Waals surface area contributed by atoms with Gasteiger partial charge in [-0.2, -0.15) is 13.2 Å². The molecule has 7 heteroatoms. The molecule has 3 rings (SSSR count). The number of anilines is 1. The van der Waals surface area contributed by atoms with E-state index in [1.165, 1.54) is 17.8 Å². The van der Waals surface area contributed by atoms with Crippen molar-refractivity contribution < 1.29 is 23.0 Å². The van der Waals surface area contributed by atoms with Crippen LogP contribution in [0.3, 0.4) is 0 Å². The average Bonchev–Trinajstić information content (AvgIpc) is 2.71. The zero-order chi connectivity index (χ0) is 20.0. The Balaban J connectivity index is 1.38. The molecule has 1 aliphatic heterocycles. The molecule has 1 heterocycles. The summed E-state index contributed by atoms with van der Waals surface area (Å²) >= 11 is 0. The van der Waals surface area contributed by atoms with Crippen molar-refractivity contribution in [3.63, 3.8) is 0 Å². The maximum absolute atomic E-state index is 12.7. The van der Waals surface area contributed by atoms with Gasteiger partial charge in [-0.05, 0) is 36.8 Å². The molecule has 2 aromatic carbocycles. The quantitative estimate of drug-likeness (QED) is 0.778. The minimum Gasteiger partial charge on any atom is -0.491 e. The zero-order valence-corrected chi connectivity index (χ0v) is 15.6. The van der Waals surface area contributed by atoms with Crippen LogP contribution >= 0.6 is 0 Å². The normalized spacial score (nSPS) is 16.8. The second kappa shape index (κ2) is 9.30. The lowest BCUT2D eigenvalue weighted by atomic mass is 10.2. The third-order valence-corrected chi connectivity index (χ3v) is 4.88. The molecule has 0 saturated carbocycles. The van der Waals surface area contributed by atoms with Crippen LogP contribution in [-0.2, 0) is 6.18 Å². The van der Waals surface area contributed by atoms with Crippen molar-refractivity contribution >= 4 is 5.69 Å². The van der Waals surface area contributed by atoms with E-state index >= 15 is 0 Å². The lowest BCUT2D eigenvalue weighted by Gasteiger charge is -2.36. The Hall–Kier alpha value is -2.25. The molecule has 0 bridgehead atoms. The molecule has 28 heavy (non-hydrogen) atoms. The van der Waals surface area contributed by atoms with Crippen LogP contribution in [0.25, 0.3) is 0 Å². The van der Waals surface area contributed by atoms with Crippen LogP contribution in [0.4, 0.5) is 18.9 Å². The number of ether oxygens (including phenoxy) is 1. The molecule has 152 valence electrons. The van der Waals surface area contributed by atoms with Crippen LogP contribution in [0, 0.1) is 0 Å². The van der Waals surface area contributed by atoms with Gasteiger partial charge in [0.1, 0.15) is 12.4 Å². The molecule has 0 radical (unpaired) electrons. The third-order valence-electron chi connectivity index (χ3n) is 4.88. The molecule has 2 aromatic rings. The number of nitrogens with zero attached hydrogens (tertiary/aromatic N) is 2. The fraction of sp³-hybridized carbons (Fsp3) is 0.429. The summed E-state index contributed by atoms with van der Waals surface area (Å²) in [6, 6.07) is 15.0. The van der Waals surface area contributed by atoms with Crippen molar-refractivity contribution in [3.8, 4) is 5.75 Å². The highest BCUT2D eigenvalue weighted by atomic mass is 19.4. The van der Waals surface area contributed by atoms with Crippen molar-refractivity contribution in [3.05, 3.63) is 60.2 Å². The Bertz CT molecular complexity index is 732. The summed E-state index contributed by atoms with van der Waals surface area (Å²) in [5, 5.41) is 10.1. The van der Waals surface area contributed by atoms with Crippen molar-refractivity contribution in [2.75, 3.05) is 44.2 Å². The zero-order valence-electron chi connectivity index (χ0n) is 15.6. The number of para-hydroxylation sites is 1. The second-order valence-corrected chi connectivity index (χ2v) is 6.94. The monoisotopic (exact) mass is 394 g/mol. The van der Waals surface area contributed by atoms with E-state index in [2.05, 4.69) is 21.9 Å². The van der Waals surface area contributed by atoms with E-state index in [1.807, 2.05) is 18.2 Å². The molecule has 1 unspecified atom stereocenters. The number of benzene rings is 2. The first-order valence-corrected chi connectivity index (χ1v) is 9.42. The van der Waals surface area contributed by atoms with Crippen LogP contribution in [0.1, 0.15) is 12.0 Å². The molecule has 0 spiro atoms. The minimum atomic E-state index is -4.40. The largest absolute Gasteiger partial charge is 0.491 e. The fourth-order valence-corrected chi connectivity index (χ4v) is 3.24. The van der Waals surface area contributed by atoms with Gasteiger partial charge in [-0.25, -0.2) is 0 Å². The maximum Gasteiger partial charge on any atom is 0.416 e. The molecule has 0 aliphatic carbocycles. The molecule has 1 N–H and O–H groups in total. The SMILES string of the molecule is OC(CCN1CCN(c2ccccc2)CC1)COc1cccc(C(F)(F)F)c1. The molecule has 1 atom stereocenters. The Kier molecular flexibility index (Phi) is 6.80. The molecule has 4 nitrogen and oxygen atoms in total. The number of rotatable bonds is 7. The number of aliphatic hydroxyl groups excluding tert-OH is 1. The van der Waals surface area contributed by atoms with Crippen LogP contribution in [0.5, 0.6) is 5.75 Å². The molecule has 0 aromatic heterocycles. The van der Waals surface area contributed by atoms with E-state index in [-0.39, 0.29) is 12.4 Å².